The molecule has 213 valence electrons. The van der Waals surface area contributed by atoms with E-state index in [1.807, 2.05) is 0 Å². The molecule has 1 heterocycles. The summed E-state index contributed by atoms with van der Waals surface area (Å²) in [6, 6.07) is 9.26. The minimum atomic E-state index is -1.08. The molecule has 0 aromatic heterocycles. The summed E-state index contributed by atoms with van der Waals surface area (Å²) in [5.41, 5.74) is 5.91. The fourth-order valence-electron chi connectivity index (χ4n) is 5.33. The Morgan fingerprint density at radius 3 is 1.46 bits per heavy atom. The van der Waals surface area contributed by atoms with Crippen molar-refractivity contribution in [3.63, 3.8) is 0 Å². The minimum absolute atomic E-state index is 0.118. The number of nitrogens with zero attached hydrogens (tertiary/aromatic N) is 2. The van der Waals surface area contributed by atoms with E-state index in [9.17, 15) is 10.2 Å². The molecule has 39 heavy (non-hydrogen) atoms. The Kier molecular flexibility index (Phi) is 9.39. The summed E-state index contributed by atoms with van der Waals surface area (Å²) in [6.07, 6.45) is 9.16. The van der Waals surface area contributed by atoms with E-state index in [0.29, 0.717) is 39.0 Å². The molecule has 2 aromatic carbocycles. The maximum absolute atomic E-state index is 11.2. The average molecular weight is 577 g/mol. The Morgan fingerprint density at radius 2 is 1.15 bits per heavy atom. The van der Waals surface area contributed by atoms with Crippen molar-refractivity contribution in [3.8, 4) is 11.5 Å². The summed E-state index contributed by atoms with van der Waals surface area (Å²) in [6.45, 7) is 18.1. The van der Waals surface area contributed by atoms with E-state index >= 15 is 0 Å². The average Bonchev–Trinajstić information content (AvgIpc) is 3.13. The number of carbonyl (C=O) groups excluding carboxylic acids is 1. The van der Waals surface area contributed by atoms with E-state index < -0.39 is 5.97 Å². The number of rotatable bonds is 2. The number of fused-ring (bicyclic) bond motifs is 1. The van der Waals surface area contributed by atoms with E-state index in [1.165, 1.54) is 24.0 Å². The SMILES string of the molecule is CC(=O)[O-].Cc1cc(C=[N+]2[Mn][N+](=Cc3cc(C)cc(C(C)(C)C)c3O)[C@@H]3CCCC[C@H]32)c(O)c(C(C)(C)C)c1. The Morgan fingerprint density at radius 1 is 0.821 bits per heavy atom. The van der Waals surface area contributed by atoms with Crippen molar-refractivity contribution in [3.05, 3.63) is 57.6 Å². The molecule has 0 spiro atoms. The molecule has 7 heteroatoms. The first-order valence-corrected chi connectivity index (χ1v) is 14.8. The molecule has 0 amide bonds. The number of aliphatic carboxylic acids is 1. The van der Waals surface area contributed by atoms with Gasteiger partial charge < -0.3 is 9.90 Å². The van der Waals surface area contributed by atoms with Gasteiger partial charge in [-0.15, -0.1) is 0 Å². The number of hydrogen-bond donors (Lipinski definition) is 2. The first kappa shape index (κ1) is 30.9. The van der Waals surface area contributed by atoms with Crippen molar-refractivity contribution in [2.75, 3.05) is 0 Å². The van der Waals surface area contributed by atoms with Crippen LogP contribution in [0.3, 0.4) is 0 Å². The van der Waals surface area contributed by atoms with Gasteiger partial charge in [-0.25, -0.2) is 0 Å². The quantitative estimate of drug-likeness (QED) is 0.500. The number of benzene rings is 2. The van der Waals surface area contributed by atoms with Crippen molar-refractivity contribution in [1.29, 1.82) is 0 Å². The van der Waals surface area contributed by atoms with Gasteiger partial charge in [0.2, 0.25) is 0 Å². The molecule has 1 saturated heterocycles. The summed E-state index contributed by atoms with van der Waals surface area (Å²) >= 11 is 0.404. The van der Waals surface area contributed by atoms with Crippen LogP contribution in [0.1, 0.15) is 108 Å². The number of hydrogen-bond acceptors (Lipinski definition) is 4. The molecule has 1 aliphatic carbocycles. The van der Waals surface area contributed by atoms with Crippen LogP contribution in [0.25, 0.3) is 0 Å². The number of carbonyl (C=O) groups is 1. The molecular weight excluding hydrogens is 531 g/mol. The van der Waals surface area contributed by atoms with Gasteiger partial charge in [0.15, 0.2) is 0 Å². The monoisotopic (exact) mass is 576 g/mol. The number of carboxylic acid groups (broad SMARTS) is 1. The van der Waals surface area contributed by atoms with Crippen LogP contribution in [0.15, 0.2) is 24.3 Å². The normalized spacial score (nSPS) is 21.5. The predicted molar refractivity (Wildman–Crippen MR) is 151 cm³/mol. The van der Waals surface area contributed by atoms with Crippen LogP contribution < -0.4 is 5.11 Å². The number of aromatic hydroxyl groups is 2. The second kappa shape index (κ2) is 11.9. The van der Waals surface area contributed by atoms with Gasteiger partial charge in [-0.05, 0) is 6.92 Å². The molecular formula is C32H45MnN2O4+. The second-order valence-electron chi connectivity index (χ2n) is 12.9. The molecule has 2 fully saturated rings. The van der Waals surface area contributed by atoms with Gasteiger partial charge in [-0.1, -0.05) is 0 Å². The maximum atomic E-state index is 11.2. The first-order valence-electron chi connectivity index (χ1n) is 13.8. The van der Waals surface area contributed by atoms with E-state index in [4.69, 9.17) is 9.90 Å². The summed E-state index contributed by atoms with van der Waals surface area (Å²) in [4.78, 5) is 8.89. The molecule has 0 unspecified atom stereocenters. The number of carboxylic acids is 1. The topological polar surface area (TPSA) is 86.6 Å². The van der Waals surface area contributed by atoms with Crippen LogP contribution in [-0.4, -0.2) is 47.9 Å². The molecule has 1 saturated carbocycles. The molecule has 0 bridgehead atoms. The summed E-state index contributed by atoms with van der Waals surface area (Å²) in [7, 11) is 0. The predicted octanol–water partition coefficient (Wildman–Crippen LogP) is 4.87. The van der Waals surface area contributed by atoms with Crippen LogP contribution in [0.2, 0.25) is 0 Å². The summed E-state index contributed by atoms with van der Waals surface area (Å²) in [5, 5.41) is 31.2. The van der Waals surface area contributed by atoms with E-state index in [-0.39, 0.29) is 10.8 Å². The standard InChI is InChI=1S/C30H42N2O2.C2H4O2.Mn/c1-19-13-21(27(33)23(15-19)29(3,4)5)17-31-25-11-9-10-12-26(25)32-18-22-14-20(2)16-24(28(22)34)30(6,7)8;1-2(3)4;/h13-18,25-26,33-34H,9-12H2,1-8H3;1H3,(H,3,4);/q;;+2/p-1/t25-,26-;;/m1../s1. The van der Waals surface area contributed by atoms with Crippen molar-refractivity contribution in [1.82, 2.24) is 0 Å². The number of phenolic OH excluding ortho intramolecular Hbond substituents is 2. The molecule has 2 N–H and O–H groups in total. The third-order valence-corrected chi connectivity index (χ3v) is 8.84. The molecule has 0 radical (unpaired) electrons. The molecule has 1 aliphatic heterocycles. The van der Waals surface area contributed by atoms with Crippen molar-refractivity contribution in [2.45, 2.75) is 111 Å². The molecule has 4 rings (SSSR count). The Balaban J connectivity index is 0.000000983. The molecule has 6 nitrogen and oxygen atoms in total. The van der Waals surface area contributed by atoms with E-state index in [2.05, 4.69) is 99.3 Å². The number of aryl methyl sites for hydroxylation is 2. The summed E-state index contributed by atoms with van der Waals surface area (Å²) in [5.74, 6) is -0.288. The van der Waals surface area contributed by atoms with Gasteiger partial charge in [0.25, 0.3) is 0 Å². The van der Waals surface area contributed by atoms with Crippen molar-refractivity contribution >= 4 is 18.4 Å². The Bertz CT molecular complexity index is 1200. The van der Waals surface area contributed by atoms with E-state index in [1.54, 1.807) is 0 Å². The first-order chi connectivity index (χ1) is 18.0. The van der Waals surface area contributed by atoms with Crippen molar-refractivity contribution < 1.29 is 42.7 Å². The zero-order chi connectivity index (χ0) is 29.3. The second-order valence-corrected chi connectivity index (χ2v) is 14.4. The van der Waals surface area contributed by atoms with Crippen LogP contribution in [-0.2, 0) is 31.0 Å². The van der Waals surface area contributed by atoms with Gasteiger partial charge in [-0.3, -0.25) is 0 Å². The van der Waals surface area contributed by atoms with Crippen LogP contribution in [0.5, 0.6) is 11.5 Å². The van der Waals surface area contributed by atoms with Crippen molar-refractivity contribution in [2.24, 2.45) is 0 Å². The zero-order valence-corrected chi connectivity index (χ0v) is 26.1. The molecule has 2 aromatic rings. The van der Waals surface area contributed by atoms with Crippen LogP contribution in [0, 0.1) is 13.8 Å². The van der Waals surface area contributed by atoms with Crippen LogP contribution >= 0.6 is 0 Å². The fraction of sp³-hybridized carbons (Fsp3) is 0.531. The number of phenols is 2. The van der Waals surface area contributed by atoms with Gasteiger partial charge in [0.05, 0.1) is 0 Å². The zero-order valence-electron chi connectivity index (χ0n) is 24.9. The molecule has 2 atom stereocenters. The van der Waals surface area contributed by atoms with Gasteiger partial charge in [0.1, 0.15) is 0 Å². The van der Waals surface area contributed by atoms with Gasteiger partial charge >= 0.3 is 218 Å². The Hall–Kier alpha value is -2.63. The fourth-order valence-corrected chi connectivity index (χ4v) is 7.18. The van der Waals surface area contributed by atoms with Gasteiger partial charge in [0, 0.05) is 5.97 Å². The molecule has 2 aliphatic rings. The third-order valence-electron chi connectivity index (χ3n) is 7.21. The van der Waals surface area contributed by atoms with E-state index in [0.717, 1.165) is 42.0 Å². The Labute approximate surface area is 240 Å². The summed E-state index contributed by atoms with van der Waals surface area (Å²) < 4.78 is 4.89. The van der Waals surface area contributed by atoms with Gasteiger partial charge in [-0.2, -0.15) is 0 Å². The third kappa shape index (κ3) is 7.52. The van der Waals surface area contributed by atoms with Crippen LogP contribution in [0.4, 0.5) is 0 Å².